The lowest BCUT2D eigenvalue weighted by Gasteiger charge is -2.26. The van der Waals surface area contributed by atoms with E-state index in [1.54, 1.807) is 23.6 Å². The van der Waals surface area contributed by atoms with Crippen LogP contribution in [0.3, 0.4) is 0 Å². The van der Waals surface area contributed by atoms with E-state index in [9.17, 15) is 18.6 Å². The number of aliphatic hydroxyl groups excluding tert-OH is 1. The Morgan fingerprint density at radius 2 is 1.84 bits per heavy atom. The zero-order valence-electron chi connectivity index (χ0n) is 9.85. The first-order chi connectivity index (χ1) is 9.00. The number of aromatic hydroxyl groups is 1. The second-order valence-electron chi connectivity index (χ2n) is 4.54. The molecule has 0 radical (unpaired) electrons. The predicted molar refractivity (Wildman–Crippen MR) is 71.9 cm³/mol. The minimum atomic E-state index is -3.46. The van der Waals surface area contributed by atoms with Crippen LogP contribution in [0.1, 0.15) is 28.9 Å². The minimum absolute atomic E-state index is 0.0920. The second-order valence-corrected chi connectivity index (χ2v) is 7.78. The van der Waals surface area contributed by atoms with E-state index in [2.05, 4.69) is 0 Å². The van der Waals surface area contributed by atoms with E-state index in [1.165, 1.54) is 12.1 Å². The smallest absolute Gasteiger partial charge is 0.195 e. The molecule has 0 saturated heterocycles. The Balaban J connectivity index is 2.12. The van der Waals surface area contributed by atoms with Crippen LogP contribution in [-0.2, 0) is 9.84 Å². The molecule has 0 saturated carbocycles. The molecule has 0 aliphatic carbocycles. The van der Waals surface area contributed by atoms with Crippen LogP contribution in [0.2, 0.25) is 0 Å². The quantitative estimate of drug-likeness (QED) is 0.847. The van der Waals surface area contributed by atoms with Gasteiger partial charge in [0.2, 0.25) is 0 Å². The molecule has 0 amide bonds. The monoisotopic (exact) mass is 296 g/mol. The number of aliphatic hydroxyl groups is 1. The number of fused-ring (bicyclic) bond motifs is 1. The van der Waals surface area contributed by atoms with Crippen LogP contribution in [0, 0.1) is 0 Å². The molecule has 2 unspecified atom stereocenters. The van der Waals surface area contributed by atoms with Crippen molar-refractivity contribution in [3.63, 3.8) is 0 Å². The molecule has 1 aromatic carbocycles. The van der Waals surface area contributed by atoms with Crippen LogP contribution < -0.4 is 0 Å². The van der Waals surface area contributed by atoms with Crippen LogP contribution in [-0.4, -0.2) is 18.6 Å². The van der Waals surface area contributed by atoms with E-state index < -0.39 is 21.2 Å². The highest BCUT2D eigenvalue weighted by Crippen LogP contribution is 2.46. The molecule has 2 N–H and O–H groups in total. The Kier molecular flexibility index (Phi) is 2.88. The van der Waals surface area contributed by atoms with Gasteiger partial charge in [-0.1, -0.05) is 12.1 Å². The summed E-state index contributed by atoms with van der Waals surface area (Å²) >= 11 is 1.14. The van der Waals surface area contributed by atoms with Gasteiger partial charge in [0.05, 0.1) is 11.4 Å². The largest absolute Gasteiger partial charge is 0.508 e. The van der Waals surface area contributed by atoms with Gasteiger partial charge in [0.25, 0.3) is 0 Å². The minimum Gasteiger partial charge on any atom is -0.508 e. The highest BCUT2D eigenvalue weighted by molar-refractivity contribution is 7.93. The lowest BCUT2D eigenvalue weighted by molar-refractivity contribution is 0.160. The Labute approximate surface area is 114 Å². The average Bonchev–Trinajstić information content (AvgIpc) is 2.86. The highest BCUT2D eigenvalue weighted by atomic mass is 32.2. The van der Waals surface area contributed by atoms with Crippen molar-refractivity contribution in [3.05, 3.63) is 46.8 Å². The first-order valence-corrected chi connectivity index (χ1v) is 8.21. The highest BCUT2D eigenvalue weighted by Gasteiger charge is 2.40. The van der Waals surface area contributed by atoms with E-state index in [0.29, 0.717) is 11.1 Å². The molecule has 2 aromatic rings. The van der Waals surface area contributed by atoms with Gasteiger partial charge in [-0.2, -0.15) is 0 Å². The maximum absolute atomic E-state index is 12.5. The summed E-state index contributed by atoms with van der Waals surface area (Å²) in [5.41, 5.74) is 1.09. The van der Waals surface area contributed by atoms with Crippen molar-refractivity contribution in [1.82, 2.24) is 0 Å². The van der Waals surface area contributed by atoms with Crippen molar-refractivity contribution in [2.24, 2.45) is 0 Å². The van der Waals surface area contributed by atoms with Crippen molar-refractivity contribution in [2.45, 2.75) is 22.0 Å². The number of phenolic OH excluding ortho intramolecular Hbond substituents is 1. The van der Waals surface area contributed by atoms with Gasteiger partial charge in [0.15, 0.2) is 9.84 Å². The van der Waals surface area contributed by atoms with Crippen LogP contribution >= 0.6 is 11.3 Å². The molecule has 100 valence electrons. The zero-order valence-corrected chi connectivity index (χ0v) is 11.5. The number of phenols is 1. The van der Waals surface area contributed by atoms with Crippen molar-refractivity contribution < 1.29 is 18.6 Å². The maximum atomic E-state index is 12.5. The van der Waals surface area contributed by atoms with E-state index in [1.807, 2.05) is 0 Å². The molecule has 3 rings (SSSR count). The van der Waals surface area contributed by atoms with E-state index in [0.717, 1.165) is 11.3 Å². The summed E-state index contributed by atoms with van der Waals surface area (Å²) in [6.45, 7) is 0. The van der Waals surface area contributed by atoms with Crippen LogP contribution in [0.15, 0.2) is 39.9 Å². The summed E-state index contributed by atoms with van der Waals surface area (Å²) in [5, 5.41) is 20.3. The zero-order chi connectivity index (χ0) is 13.6. The molecule has 1 aromatic heterocycles. The first-order valence-electron chi connectivity index (χ1n) is 5.78. The summed E-state index contributed by atoms with van der Waals surface area (Å²) in [7, 11) is -3.46. The Morgan fingerprint density at radius 1 is 1.16 bits per heavy atom. The fourth-order valence-electron chi connectivity index (χ4n) is 2.37. The van der Waals surface area contributed by atoms with Crippen molar-refractivity contribution in [2.75, 3.05) is 0 Å². The lowest BCUT2D eigenvalue weighted by atomic mass is 10.0. The van der Waals surface area contributed by atoms with E-state index in [4.69, 9.17) is 0 Å². The molecule has 4 nitrogen and oxygen atoms in total. The number of sulfone groups is 1. The van der Waals surface area contributed by atoms with Gasteiger partial charge in [0, 0.05) is 5.56 Å². The second kappa shape index (κ2) is 4.33. The summed E-state index contributed by atoms with van der Waals surface area (Å²) in [6.07, 6.45) is -0.611. The molecule has 19 heavy (non-hydrogen) atoms. The summed E-state index contributed by atoms with van der Waals surface area (Å²) in [5.74, 6) is 0.0920. The maximum Gasteiger partial charge on any atom is 0.195 e. The molecule has 2 atom stereocenters. The summed E-state index contributed by atoms with van der Waals surface area (Å²) in [6, 6.07) is 7.75. The third-order valence-corrected chi connectivity index (χ3v) is 7.03. The normalized spacial score (nSPS) is 24.9. The van der Waals surface area contributed by atoms with Crippen LogP contribution in [0.25, 0.3) is 0 Å². The topological polar surface area (TPSA) is 74.6 Å². The molecule has 0 spiro atoms. The summed E-state index contributed by atoms with van der Waals surface area (Å²) < 4.78 is 25.3. The fraction of sp³-hybridized carbons (Fsp3) is 0.231. The predicted octanol–water partition coefficient (Wildman–Crippen LogP) is 2.41. The first kappa shape index (κ1) is 12.7. The third kappa shape index (κ3) is 1.96. The summed E-state index contributed by atoms with van der Waals surface area (Å²) in [4.78, 5) is 0. The molecule has 0 bridgehead atoms. The van der Waals surface area contributed by atoms with Crippen molar-refractivity contribution >= 4 is 21.2 Å². The molecule has 0 fully saturated rings. The van der Waals surface area contributed by atoms with E-state index in [-0.39, 0.29) is 16.4 Å². The van der Waals surface area contributed by atoms with Gasteiger partial charge >= 0.3 is 0 Å². The molecule has 1 aliphatic heterocycles. The van der Waals surface area contributed by atoms with Gasteiger partial charge in [-0.3, -0.25) is 0 Å². The number of hydrogen-bond donors (Lipinski definition) is 2. The Hall–Kier alpha value is -1.37. The molecule has 1 aliphatic rings. The van der Waals surface area contributed by atoms with Crippen molar-refractivity contribution in [1.29, 1.82) is 0 Å². The van der Waals surface area contributed by atoms with Gasteiger partial charge in [-0.15, -0.1) is 11.3 Å². The van der Waals surface area contributed by atoms with Crippen LogP contribution in [0.5, 0.6) is 5.75 Å². The fourth-order valence-corrected chi connectivity index (χ4v) is 5.85. The average molecular weight is 296 g/mol. The molecular formula is C13H12O4S2. The molecular weight excluding hydrogens is 284 g/mol. The lowest BCUT2D eigenvalue weighted by Crippen LogP contribution is -2.22. The van der Waals surface area contributed by atoms with E-state index >= 15 is 0 Å². The van der Waals surface area contributed by atoms with Gasteiger partial charge < -0.3 is 10.2 Å². The molecule has 6 heteroatoms. The Morgan fingerprint density at radius 3 is 2.53 bits per heavy atom. The number of hydrogen-bond acceptors (Lipinski definition) is 5. The van der Waals surface area contributed by atoms with Gasteiger partial charge in [-0.05, 0) is 35.6 Å². The SMILES string of the molecule is O=S1(=O)c2sccc2C(O)CC1c1ccc(O)cc1. The third-order valence-electron chi connectivity index (χ3n) is 3.35. The van der Waals surface area contributed by atoms with Crippen LogP contribution in [0.4, 0.5) is 0 Å². The van der Waals surface area contributed by atoms with Gasteiger partial charge in [0.1, 0.15) is 9.96 Å². The number of rotatable bonds is 1. The number of thiophene rings is 1. The number of benzene rings is 1. The standard InChI is InChI=1S/C13H12O4S2/c14-9-3-1-8(2-4-9)12-7-11(15)10-5-6-18-13(10)19(12,16)17/h1-6,11-12,14-15H,7H2. The molecule has 2 heterocycles. The Bertz CT molecular complexity index is 700. The van der Waals surface area contributed by atoms with Crippen molar-refractivity contribution in [3.8, 4) is 5.75 Å². The van der Waals surface area contributed by atoms with Gasteiger partial charge in [-0.25, -0.2) is 8.42 Å².